The Bertz CT molecular complexity index is 626. The number of aromatic nitrogens is 3. The van der Waals surface area contributed by atoms with E-state index < -0.39 is 5.97 Å². The van der Waals surface area contributed by atoms with Crippen molar-refractivity contribution in [3.63, 3.8) is 0 Å². The van der Waals surface area contributed by atoms with Gasteiger partial charge in [0, 0.05) is 11.9 Å². The number of hydrogen-bond acceptors (Lipinski definition) is 6. The second kappa shape index (κ2) is 5.62. The molecule has 0 amide bonds. The predicted octanol–water partition coefficient (Wildman–Crippen LogP) is 2.00. The molecule has 0 saturated heterocycles. The van der Waals surface area contributed by atoms with Crippen LogP contribution in [0.4, 0.5) is 5.69 Å². The molecule has 0 saturated carbocycles. The van der Waals surface area contributed by atoms with Crippen LogP contribution >= 0.6 is 11.3 Å². The molecule has 0 radical (unpaired) electrons. The molecular weight excluding hydrogens is 276 g/mol. The highest BCUT2D eigenvalue weighted by Gasteiger charge is 2.20. The van der Waals surface area contributed by atoms with Gasteiger partial charge in [-0.25, -0.2) is 9.78 Å². The highest BCUT2D eigenvalue weighted by molar-refractivity contribution is 7.11. The molecular formula is C13H18N4O2S. The normalized spacial score (nSPS) is 10.8. The van der Waals surface area contributed by atoms with Crippen LogP contribution in [0.15, 0.2) is 0 Å². The molecule has 2 heterocycles. The van der Waals surface area contributed by atoms with Gasteiger partial charge in [-0.1, -0.05) is 6.92 Å². The van der Waals surface area contributed by atoms with Crippen molar-refractivity contribution in [2.24, 2.45) is 7.05 Å². The van der Waals surface area contributed by atoms with E-state index in [0.717, 1.165) is 15.6 Å². The summed E-state index contributed by atoms with van der Waals surface area (Å²) in [6.45, 7) is 6.02. The first-order valence-corrected chi connectivity index (χ1v) is 7.17. The van der Waals surface area contributed by atoms with Gasteiger partial charge in [-0.2, -0.15) is 5.10 Å². The van der Waals surface area contributed by atoms with Crippen molar-refractivity contribution in [3.05, 3.63) is 27.0 Å². The number of anilines is 1. The van der Waals surface area contributed by atoms with Crippen molar-refractivity contribution in [1.29, 1.82) is 0 Å². The second-order valence-electron chi connectivity index (χ2n) is 4.51. The Balaban J connectivity index is 2.11. The summed E-state index contributed by atoms with van der Waals surface area (Å²) in [7, 11) is 1.68. The maximum atomic E-state index is 12.1. The highest BCUT2D eigenvalue weighted by atomic mass is 32.1. The number of rotatable bonds is 4. The fourth-order valence-corrected chi connectivity index (χ4v) is 2.74. The third kappa shape index (κ3) is 2.67. The van der Waals surface area contributed by atoms with Gasteiger partial charge in [-0.15, -0.1) is 11.3 Å². The Morgan fingerprint density at radius 2 is 2.15 bits per heavy atom. The van der Waals surface area contributed by atoms with Crippen LogP contribution in [0.25, 0.3) is 0 Å². The average molecular weight is 294 g/mol. The van der Waals surface area contributed by atoms with Crippen LogP contribution in [0.5, 0.6) is 0 Å². The van der Waals surface area contributed by atoms with Gasteiger partial charge in [-0.3, -0.25) is 4.68 Å². The molecule has 108 valence electrons. The quantitative estimate of drug-likeness (QED) is 0.872. The summed E-state index contributed by atoms with van der Waals surface area (Å²) < 4.78 is 6.74. The van der Waals surface area contributed by atoms with Gasteiger partial charge in [0.15, 0.2) is 5.69 Å². The molecule has 0 aliphatic carbocycles. The van der Waals surface area contributed by atoms with E-state index in [1.54, 1.807) is 7.05 Å². The summed E-state index contributed by atoms with van der Waals surface area (Å²) in [4.78, 5) is 17.6. The van der Waals surface area contributed by atoms with E-state index in [2.05, 4.69) is 10.1 Å². The molecule has 2 aromatic heterocycles. The van der Waals surface area contributed by atoms with Crippen LogP contribution in [-0.2, 0) is 24.8 Å². The van der Waals surface area contributed by atoms with Crippen LogP contribution in [-0.4, -0.2) is 20.7 Å². The van der Waals surface area contributed by atoms with E-state index in [1.807, 2.05) is 20.8 Å². The minimum absolute atomic E-state index is 0.157. The lowest BCUT2D eigenvalue weighted by molar-refractivity contribution is 0.0460. The number of aryl methyl sites for hydroxylation is 4. The van der Waals surface area contributed by atoms with Crippen LogP contribution in [0.3, 0.4) is 0 Å². The maximum Gasteiger partial charge on any atom is 0.359 e. The number of ether oxygens (including phenoxy) is 1. The first-order chi connectivity index (χ1) is 9.43. The van der Waals surface area contributed by atoms with Crippen LogP contribution in [0.2, 0.25) is 0 Å². The summed E-state index contributed by atoms with van der Waals surface area (Å²) in [6.07, 6.45) is 0.678. The Morgan fingerprint density at radius 1 is 1.45 bits per heavy atom. The number of nitrogen functional groups attached to an aromatic ring is 1. The topological polar surface area (TPSA) is 83.0 Å². The SMILES string of the molecule is CCc1nn(C)c(C(=O)OCc2nc(C)c(C)s2)c1N. The lowest BCUT2D eigenvalue weighted by atomic mass is 10.2. The fourth-order valence-electron chi connectivity index (χ4n) is 1.90. The number of hydrogen-bond donors (Lipinski definition) is 1. The molecule has 0 spiro atoms. The minimum atomic E-state index is -0.470. The molecule has 0 atom stereocenters. The van der Waals surface area contributed by atoms with E-state index in [1.165, 1.54) is 16.0 Å². The van der Waals surface area contributed by atoms with Gasteiger partial charge >= 0.3 is 5.97 Å². The van der Waals surface area contributed by atoms with Crippen LogP contribution in [0.1, 0.15) is 38.7 Å². The van der Waals surface area contributed by atoms with E-state index >= 15 is 0 Å². The van der Waals surface area contributed by atoms with Gasteiger partial charge in [0.25, 0.3) is 0 Å². The van der Waals surface area contributed by atoms with Crippen molar-refractivity contribution >= 4 is 23.0 Å². The summed E-state index contributed by atoms with van der Waals surface area (Å²) in [5, 5.41) is 4.98. The number of carbonyl (C=O) groups excluding carboxylic acids is 1. The largest absolute Gasteiger partial charge is 0.454 e. The first-order valence-electron chi connectivity index (χ1n) is 6.35. The maximum absolute atomic E-state index is 12.1. The van der Waals surface area contributed by atoms with E-state index in [0.29, 0.717) is 23.5 Å². The number of carbonyl (C=O) groups is 1. The Morgan fingerprint density at radius 3 is 2.65 bits per heavy atom. The molecule has 0 bridgehead atoms. The smallest absolute Gasteiger partial charge is 0.359 e. The number of esters is 1. The zero-order valence-corrected chi connectivity index (χ0v) is 12.9. The third-order valence-electron chi connectivity index (χ3n) is 3.09. The van der Waals surface area contributed by atoms with Crippen molar-refractivity contribution in [3.8, 4) is 0 Å². The molecule has 20 heavy (non-hydrogen) atoms. The Hall–Kier alpha value is -1.89. The molecule has 0 aliphatic rings. The molecule has 6 nitrogen and oxygen atoms in total. The Labute approximate surface area is 121 Å². The van der Waals surface area contributed by atoms with Crippen LogP contribution in [0, 0.1) is 13.8 Å². The zero-order chi connectivity index (χ0) is 14.9. The van der Waals surface area contributed by atoms with Gasteiger partial charge in [0.05, 0.1) is 17.1 Å². The number of thiazole rings is 1. The van der Waals surface area contributed by atoms with Crippen molar-refractivity contribution in [2.45, 2.75) is 33.8 Å². The predicted molar refractivity (Wildman–Crippen MR) is 77.7 cm³/mol. The number of nitrogens with zero attached hydrogens (tertiary/aromatic N) is 3. The van der Waals surface area contributed by atoms with Gasteiger partial charge in [0.2, 0.25) is 0 Å². The summed E-state index contributed by atoms with van der Waals surface area (Å²) in [5.74, 6) is -0.470. The molecule has 7 heteroatoms. The highest BCUT2D eigenvalue weighted by Crippen LogP contribution is 2.20. The summed E-state index contributed by atoms with van der Waals surface area (Å²) in [5.41, 5.74) is 8.28. The van der Waals surface area contributed by atoms with Crippen molar-refractivity contribution in [2.75, 3.05) is 5.73 Å². The molecule has 0 unspecified atom stereocenters. The molecule has 2 rings (SSSR count). The summed E-state index contributed by atoms with van der Waals surface area (Å²) >= 11 is 1.53. The van der Waals surface area contributed by atoms with Crippen molar-refractivity contribution in [1.82, 2.24) is 14.8 Å². The van der Waals surface area contributed by atoms with Gasteiger partial charge in [0.1, 0.15) is 11.6 Å². The number of nitrogens with two attached hydrogens (primary N) is 1. The van der Waals surface area contributed by atoms with E-state index in [9.17, 15) is 4.79 Å². The van der Waals surface area contributed by atoms with E-state index in [4.69, 9.17) is 10.5 Å². The van der Waals surface area contributed by atoms with Gasteiger partial charge in [-0.05, 0) is 20.3 Å². The molecule has 0 aliphatic heterocycles. The first kappa shape index (κ1) is 14.5. The Kier molecular flexibility index (Phi) is 4.08. The monoisotopic (exact) mass is 294 g/mol. The minimum Gasteiger partial charge on any atom is -0.454 e. The lowest BCUT2D eigenvalue weighted by Crippen LogP contribution is -2.12. The molecule has 2 N–H and O–H groups in total. The van der Waals surface area contributed by atoms with E-state index in [-0.39, 0.29) is 6.61 Å². The summed E-state index contributed by atoms with van der Waals surface area (Å²) in [6, 6.07) is 0. The molecule has 0 fully saturated rings. The van der Waals surface area contributed by atoms with Crippen molar-refractivity contribution < 1.29 is 9.53 Å². The van der Waals surface area contributed by atoms with Crippen LogP contribution < -0.4 is 5.73 Å². The molecule has 0 aromatic carbocycles. The second-order valence-corrected chi connectivity index (χ2v) is 5.80. The molecule has 2 aromatic rings. The standard InChI is InChI=1S/C13H18N4O2S/c1-5-9-11(14)12(17(4)16-9)13(18)19-6-10-15-7(2)8(3)20-10/h5-6,14H2,1-4H3. The zero-order valence-electron chi connectivity index (χ0n) is 12.1. The fraction of sp³-hybridized carbons (Fsp3) is 0.462. The third-order valence-corrected chi connectivity index (χ3v) is 4.13. The average Bonchev–Trinajstić information content (AvgIpc) is 2.87. The lowest BCUT2D eigenvalue weighted by Gasteiger charge is -2.04. The van der Waals surface area contributed by atoms with Gasteiger partial charge < -0.3 is 10.5 Å².